The Hall–Kier alpha value is -1.58. The molecular formula is C15H20N2O. The number of hydrogen-bond acceptors (Lipinski definition) is 3. The van der Waals surface area contributed by atoms with E-state index < -0.39 is 0 Å². The minimum absolute atomic E-state index is 0.0866. The van der Waals surface area contributed by atoms with E-state index in [4.69, 9.17) is 10.3 Å². The fourth-order valence-electron chi connectivity index (χ4n) is 2.31. The summed E-state index contributed by atoms with van der Waals surface area (Å²) in [6.07, 6.45) is 0.864. The highest BCUT2D eigenvalue weighted by molar-refractivity contribution is 5.30. The zero-order valence-corrected chi connectivity index (χ0v) is 11.2. The van der Waals surface area contributed by atoms with E-state index in [0.717, 1.165) is 23.5 Å². The lowest BCUT2D eigenvalue weighted by Crippen LogP contribution is -2.29. The Morgan fingerprint density at radius 2 is 1.94 bits per heavy atom. The predicted molar refractivity (Wildman–Crippen MR) is 73.1 cm³/mol. The molecule has 96 valence electrons. The average Bonchev–Trinajstić information content (AvgIpc) is 2.67. The van der Waals surface area contributed by atoms with Gasteiger partial charge in [-0.05, 0) is 44.4 Å². The van der Waals surface area contributed by atoms with E-state index in [9.17, 15) is 0 Å². The van der Waals surface area contributed by atoms with Crippen molar-refractivity contribution in [2.45, 2.75) is 33.2 Å². The summed E-state index contributed by atoms with van der Waals surface area (Å²) < 4.78 is 5.57. The molecule has 0 aliphatic carbocycles. The van der Waals surface area contributed by atoms with Crippen molar-refractivity contribution in [1.29, 1.82) is 0 Å². The van der Waals surface area contributed by atoms with Crippen molar-refractivity contribution >= 4 is 0 Å². The van der Waals surface area contributed by atoms with Crippen LogP contribution in [0.4, 0.5) is 0 Å². The van der Waals surface area contributed by atoms with E-state index in [0.29, 0.717) is 0 Å². The second-order valence-electron chi connectivity index (χ2n) is 4.72. The molecule has 0 aliphatic rings. The molecule has 3 heteroatoms. The fraction of sp³-hybridized carbons (Fsp3) is 0.333. The normalized spacial score (nSPS) is 12.7. The van der Waals surface area contributed by atoms with Gasteiger partial charge >= 0.3 is 0 Å². The summed E-state index contributed by atoms with van der Waals surface area (Å²) in [5, 5.41) is 0. The van der Waals surface area contributed by atoms with Gasteiger partial charge in [0, 0.05) is 5.56 Å². The third-order valence-corrected chi connectivity index (χ3v) is 3.34. The molecule has 0 saturated carbocycles. The molecule has 1 heterocycles. The largest absolute Gasteiger partial charge is 0.466 e. The third-order valence-electron chi connectivity index (χ3n) is 3.34. The standard InChI is InChI=1S/C15H20N2O/c1-10-6-4-5-7-13(10)9-15(17-16)14-8-11(2)18-12(14)3/h4-8,15,17H,9,16H2,1-3H3. The summed E-state index contributed by atoms with van der Waals surface area (Å²) >= 11 is 0. The summed E-state index contributed by atoms with van der Waals surface area (Å²) in [5.41, 5.74) is 6.62. The first-order valence-corrected chi connectivity index (χ1v) is 6.19. The summed E-state index contributed by atoms with van der Waals surface area (Å²) in [4.78, 5) is 0. The second kappa shape index (κ2) is 5.38. The summed E-state index contributed by atoms with van der Waals surface area (Å²) in [7, 11) is 0. The minimum atomic E-state index is 0.0866. The maximum absolute atomic E-state index is 5.69. The van der Waals surface area contributed by atoms with E-state index in [-0.39, 0.29) is 6.04 Å². The van der Waals surface area contributed by atoms with Crippen LogP contribution in [-0.4, -0.2) is 0 Å². The van der Waals surface area contributed by atoms with Crippen LogP contribution in [0, 0.1) is 20.8 Å². The van der Waals surface area contributed by atoms with Gasteiger partial charge in [-0.1, -0.05) is 24.3 Å². The molecule has 3 N–H and O–H groups in total. The lowest BCUT2D eigenvalue weighted by Gasteiger charge is -2.16. The Morgan fingerprint density at radius 3 is 2.50 bits per heavy atom. The zero-order chi connectivity index (χ0) is 13.1. The topological polar surface area (TPSA) is 51.2 Å². The van der Waals surface area contributed by atoms with Crippen LogP contribution in [0.3, 0.4) is 0 Å². The van der Waals surface area contributed by atoms with Crippen LogP contribution in [0.1, 0.15) is 34.3 Å². The maximum Gasteiger partial charge on any atom is 0.105 e. The number of aryl methyl sites for hydroxylation is 3. The fourth-order valence-corrected chi connectivity index (χ4v) is 2.31. The molecule has 3 nitrogen and oxygen atoms in total. The number of furan rings is 1. The Bertz CT molecular complexity index is 531. The number of rotatable bonds is 4. The van der Waals surface area contributed by atoms with Crippen LogP contribution < -0.4 is 11.3 Å². The van der Waals surface area contributed by atoms with Gasteiger partial charge < -0.3 is 4.42 Å². The molecule has 0 saturated heterocycles. The molecule has 2 aromatic rings. The predicted octanol–water partition coefficient (Wildman–Crippen LogP) is 2.95. The lowest BCUT2D eigenvalue weighted by atomic mass is 9.97. The second-order valence-corrected chi connectivity index (χ2v) is 4.72. The lowest BCUT2D eigenvalue weighted by molar-refractivity contribution is 0.484. The maximum atomic E-state index is 5.69. The number of nitrogens with two attached hydrogens (primary N) is 1. The van der Waals surface area contributed by atoms with Crippen molar-refractivity contribution in [3.63, 3.8) is 0 Å². The number of hydrazine groups is 1. The van der Waals surface area contributed by atoms with E-state index >= 15 is 0 Å². The molecule has 2 rings (SSSR count). The molecule has 18 heavy (non-hydrogen) atoms. The van der Waals surface area contributed by atoms with Crippen LogP contribution in [-0.2, 0) is 6.42 Å². The van der Waals surface area contributed by atoms with Crippen LogP contribution in [0.15, 0.2) is 34.7 Å². The van der Waals surface area contributed by atoms with Gasteiger partial charge in [0.2, 0.25) is 0 Å². The molecule has 0 aliphatic heterocycles. The van der Waals surface area contributed by atoms with Crippen molar-refractivity contribution in [2.75, 3.05) is 0 Å². The van der Waals surface area contributed by atoms with Gasteiger partial charge in [0.25, 0.3) is 0 Å². The van der Waals surface area contributed by atoms with E-state index in [1.54, 1.807) is 0 Å². The molecule has 0 radical (unpaired) electrons. The summed E-state index contributed by atoms with van der Waals surface area (Å²) in [6.45, 7) is 6.05. The highest BCUT2D eigenvalue weighted by Crippen LogP contribution is 2.25. The quantitative estimate of drug-likeness (QED) is 0.642. The Labute approximate surface area is 108 Å². The molecule has 0 spiro atoms. The first-order valence-electron chi connectivity index (χ1n) is 6.19. The number of benzene rings is 1. The van der Waals surface area contributed by atoms with Crippen molar-refractivity contribution in [2.24, 2.45) is 5.84 Å². The van der Waals surface area contributed by atoms with Crippen molar-refractivity contribution in [1.82, 2.24) is 5.43 Å². The van der Waals surface area contributed by atoms with E-state index in [1.165, 1.54) is 11.1 Å². The Morgan fingerprint density at radius 1 is 1.22 bits per heavy atom. The smallest absolute Gasteiger partial charge is 0.105 e. The van der Waals surface area contributed by atoms with Gasteiger partial charge in [-0.2, -0.15) is 0 Å². The monoisotopic (exact) mass is 244 g/mol. The molecule has 0 bridgehead atoms. The highest BCUT2D eigenvalue weighted by Gasteiger charge is 2.17. The van der Waals surface area contributed by atoms with Gasteiger partial charge in [-0.15, -0.1) is 0 Å². The average molecular weight is 244 g/mol. The van der Waals surface area contributed by atoms with Crippen molar-refractivity contribution < 1.29 is 4.42 Å². The van der Waals surface area contributed by atoms with E-state index in [2.05, 4.69) is 42.7 Å². The molecule has 0 fully saturated rings. The summed E-state index contributed by atoms with van der Waals surface area (Å²) in [5.74, 6) is 7.55. The van der Waals surface area contributed by atoms with Crippen molar-refractivity contribution in [3.8, 4) is 0 Å². The van der Waals surface area contributed by atoms with Crippen LogP contribution >= 0.6 is 0 Å². The van der Waals surface area contributed by atoms with Gasteiger partial charge in [0.05, 0.1) is 6.04 Å². The first kappa shape index (κ1) is 12.9. The van der Waals surface area contributed by atoms with E-state index in [1.807, 2.05) is 13.8 Å². The number of nitrogens with one attached hydrogen (secondary N) is 1. The number of hydrogen-bond donors (Lipinski definition) is 2. The van der Waals surface area contributed by atoms with Gasteiger partial charge in [0.1, 0.15) is 11.5 Å². The molecule has 1 unspecified atom stereocenters. The van der Waals surface area contributed by atoms with Gasteiger partial charge in [0.15, 0.2) is 0 Å². The van der Waals surface area contributed by atoms with Crippen LogP contribution in [0.25, 0.3) is 0 Å². The Kier molecular flexibility index (Phi) is 3.84. The molecular weight excluding hydrogens is 224 g/mol. The first-order chi connectivity index (χ1) is 8.61. The molecule has 1 aromatic heterocycles. The minimum Gasteiger partial charge on any atom is -0.466 e. The third kappa shape index (κ3) is 2.63. The Balaban J connectivity index is 2.25. The molecule has 1 atom stereocenters. The van der Waals surface area contributed by atoms with Crippen molar-refractivity contribution in [3.05, 3.63) is 58.5 Å². The molecule has 1 aromatic carbocycles. The molecule has 0 amide bonds. The van der Waals surface area contributed by atoms with Crippen LogP contribution in [0.5, 0.6) is 0 Å². The van der Waals surface area contributed by atoms with Gasteiger partial charge in [-0.25, -0.2) is 0 Å². The highest BCUT2D eigenvalue weighted by atomic mass is 16.3. The van der Waals surface area contributed by atoms with Crippen LogP contribution in [0.2, 0.25) is 0 Å². The van der Waals surface area contributed by atoms with Gasteiger partial charge in [-0.3, -0.25) is 11.3 Å². The SMILES string of the molecule is Cc1cc(C(Cc2ccccc2C)NN)c(C)o1. The summed E-state index contributed by atoms with van der Waals surface area (Å²) in [6, 6.07) is 10.5. The zero-order valence-electron chi connectivity index (χ0n) is 11.2.